The van der Waals surface area contributed by atoms with Crippen molar-refractivity contribution < 1.29 is 34.1 Å². The van der Waals surface area contributed by atoms with Gasteiger partial charge in [-0.3, -0.25) is 4.89 Å². The van der Waals surface area contributed by atoms with Crippen molar-refractivity contribution >= 4 is 13.6 Å². The van der Waals surface area contributed by atoms with E-state index in [9.17, 15) is 9.36 Å². The van der Waals surface area contributed by atoms with Crippen LogP contribution in [0.25, 0.3) is 0 Å². The summed E-state index contributed by atoms with van der Waals surface area (Å²) in [5.41, 5.74) is 0. The largest absolute Gasteiger partial charge is 0.526 e. The SMILES string of the molecule is CC(C)=O.O=P(O)(OO)OO. The van der Waals surface area contributed by atoms with Crippen LogP contribution in [0.3, 0.4) is 0 Å². The lowest BCUT2D eigenvalue weighted by molar-refractivity contribution is -0.224. The smallest absolute Gasteiger partial charge is 0.300 e. The molecule has 0 atom stereocenters. The first-order valence-corrected chi connectivity index (χ1v) is 3.81. The third kappa shape index (κ3) is 17.7. The molecular formula is C3H9O7P. The zero-order valence-electron chi connectivity index (χ0n) is 5.92. The van der Waals surface area contributed by atoms with Crippen LogP contribution in [0.5, 0.6) is 0 Å². The molecule has 0 radical (unpaired) electrons. The average molecular weight is 188 g/mol. The van der Waals surface area contributed by atoms with Crippen LogP contribution >= 0.6 is 7.82 Å². The topological polar surface area (TPSA) is 113 Å². The molecule has 0 heterocycles. The Morgan fingerprint density at radius 2 is 1.45 bits per heavy atom. The van der Waals surface area contributed by atoms with Crippen molar-refractivity contribution in [3.8, 4) is 0 Å². The van der Waals surface area contributed by atoms with E-state index < -0.39 is 7.82 Å². The van der Waals surface area contributed by atoms with Crippen molar-refractivity contribution in [2.24, 2.45) is 0 Å². The Morgan fingerprint density at radius 3 is 1.45 bits per heavy atom. The van der Waals surface area contributed by atoms with Gasteiger partial charge >= 0.3 is 7.82 Å². The minimum atomic E-state index is -4.54. The van der Waals surface area contributed by atoms with Crippen LogP contribution in [0.4, 0.5) is 0 Å². The summed E-state index contributed by atoms with van der Waals surface area (Å²) in [6.07, 6.45) is 0. The highest BCUT2D eigenvalue weighted by atomic mass is 31.2. The van der Waals surface area contributed by atoms with Crippen molar-refractivity contribution in [3.05, 3.63) is 0 Å². The standard InChI is InChI=1S/C3H6O.H3O6P/c1-3(2)4;1-5-7(3,4)6-2/h1-2H3;1-2H,(H,3,4). The van der Waals surface area contributed by atoms with Crippen molar-refractivity contribution in [1.29, 1.82) is 0 Å². The van der Waals surface area contributed by atoms with Gasteiger partial charge in [0.25, 0.3) is 0 Å². The van der Waals surface area contributed by atoms with Gasteiger partial charge in [0.2, 0.25) is 0 Å². The molecule has 11 heavy (non-hydrogen) atoms. The lowest BCUT2D eigenvalue weighted by Crippen LogP contribution is -1.84. The molecule has 0 amide bonds. The van der Waals surface area contributed by atoms with Crippen molar-refractivity contribution in [1.82, 2.24) is 0 Å². The summed E-state index contributed by atoms with van der Waals surface area (Å²) in [7, 11) is -4.54. The Morgan fingerprint density at radius 1 is 1.27 bits per heavy atom. The molecule has 0 rings (SSSR count). The van der Waals surface area contributed by atoms with Gasteiger partial charge < -0.3 is 4.79 Å². The number of hydrogen-bond acceptors (Lipinski definition) is 6. The van der Waals surface area contributed by atoms with E-state index in [1.807, 2.05) is 0 Å². The van der Waals surface area contributed by atoms with Crippen molar-refractivity contribution in [2.75, 3.05) is 0 Å². The molecule has 0 aromatic heterocycles. The summed E-state index contributed by atoms with van der Waals surface area (Å²) in [5.74, 6) is 0.167. The summed E-state index contributed by atoms with van der Waals surface area (Å²) in [6, 6.07) is 0. The molecule has 0 aliphatic carbocycles. The molecule has 0 bridgehead atoms. The fraction of sp³-hybridized carbons (Fsp3) is 0.667. The fourth-order valence-corrected chi connectivity index (χ4v) is 0.0447. The highest BCUT2D eigenvalue weighted by Crippen LogP contribution is 2.39. The first-order valence-electron chi connectivity index (χ1n) is 2.32. The first kappa shape index (κ1) is 13.3. The van der Waals surface area contributed by atoms with E-state index in [0.29, 0.717) is 0 Å². The molecule has 68 valence electrons. The Labute approximate surface area is 62.7 Å². The molecule has 7 nitrogen and oxygen atoms in total. The minimum absolute atomic E-state index is 0.167. The molecule has 0 aliphatic rings. The Hall–Kier alpha value is -0.300. The second-order valence-electron chi connectivity index (χ2n) is 1.54. The summed E-state index contributed by atoms with van der Waals surface area (Å²) < 4.78 is 15.0. The Balaban J connectivity index is 0. The molecule has 0 saturated heterocycles. The van der Waals surface area contributed by atoms with Gasteiger partial charge in [-0.1, -0.05) is 0 Å². The molecule has 3 N–H and O–H groups in total. The lowest BCUT2D eigenvalue weighted by atomic mass is 10.6. The van der Waals surface area contributed by atoms with E-state index in [2.05, 4.69) is 9.35 Å². The zero-order chi connectivity index (χ0) is 9.49. The highest BCUT2D eigenvalue weighted by Gasteiger charge is 2.19. The van der Waals surface area contributed by atoms with E-state index in [-0.39, 0.29) is 5.78 Å². The molecular weight excluding hydrogens is 179 g/mol. The normalized spacial score (nSPS) is 9.91. The number of ketones is 1. The van der Waals surface area contributed by atoms with Gasteiger partial charge in [-0.05, 0) is 13.8 Å². The van der Waals surface area contributed by atoms with Gasteiger partial charge in [0, 0.05) is 0 Å². The van der Waals surface area contributed by atoms with Gasteiger partial charge in [0.1, 0.15) is 5.78 Å². The van der Waals surface area contributed by atoms with Crippen molar-refractivity contribution in [2.45, 2.75) is 13.8 Å². The van der Waals surface area contributed by atoms with Crippen LogP contribution in [0.1, 0.15) is 13.8 Å². The second kappa shape index (κ2) is 6.41. The average Bonchev–Trinajstić information content (AvgIpc) is 1.87. The van der Waals surface area contributed by atoms with Crippen LogP contribution < -0.4 is 0 Å². The van der Waals surface area contributed by atoms with Gasteiger partial charge in [-0.15, -0.1) is 9.35 Å². The van der Waals surface area contributed by atoms with Gasteiger partial charge in [-0.25, -0.2) is 15.1 Å². The maximum absolute atomic E-state index is 9.56. The molecule has 8 heteroatoms. The highest BCUT2D eigenvalue weighted by molar-refractivity contribution is 7.47. The van der Waals surface area contributed by atoms with Gasteiger partial charge in [0.05, 0.1) is 0 Å². The molecule has 0 aliphatic heterocycles. The van der Waals surface area contributed by atoms with Crippen LogP contribution in [-0.2, 0) is 18.7 Å². The van der Waals surface area contributed by atoms with Crippen LogP contribution in [-0.4, -0.2) is 21.2 Å². The van der Waals surface area contributed by atoms with E-state index in [0.717, 1.165) is 0 Å². The van der Waals surface area contributed by atoms with Gasteiger partial charge in [0.15, 0.2) is 0 Å². The maximum atomic E-state index is 9.56. The van der Waals surface area contributed by atoms with E-state index in [1.165, 1.54) is 13.8 Å². The van der Waals surface area contributed by atoms with Crippen LogP contribution in [0.2, 0.25) is 0 Å². The number of hydrogen-bond donors (Lipinski definition) is 3. The van der Waals surface area contributed by atoms with E-state index in [1.54, 1.807) is 0 Å². The lowest BCUT2D eigenvalue weighted by Gasteiger charge is -1.96. The summed E-state index contributed by atoms with van der Waals surface area (Å²) in [4.78, 5) is 17.2. The third-order valence-electron chi connectivity index (χ3n) is 0.206. The van der Waals surface area contributed by atoms with Crippen LogP contribution in [0.15, 0.2) is 0 Å². The van der Waals surface area contributed by atoms with Crippen LogP contribution in [0, 0.1) is 0 Å². The molecule has 0 aromatic carbocycles. The number of Topliss-reactive ketones (excluding diaryl/α,β-unsaturated/α-hetero) is 1. The molecule has 0 aromatic rings. The monoisotopic (exact) mass is 188 g/mol. The molecule has 0 fully saturated rings. The van der Waals surface area contributed by atoms with Crippen molar-refractivity contribution in [3.63, 3.8) is 0 Å². The third-order valence-corrected chi connectivity index (χ3v) is 0.619. The second-order valence-corrected chi connectivity index (χ2v) is 2.80. The maximum Gasteiger partial charge on any atom is 0.526 e. The fourth-order valence-electron chi connectivity index (χ4n) is 0.0149. The zero-order valence-corrected chi connectivity index (χ0v) is 6.82. The molecule has 0 unspecified atom stereocenters. The summed E-state index contributed by atoms with van der Waals surface area (Å²) in [6.45, 7) is 3.06. The number of phosphoric acid groups is 1. The predicted molar refractivity (Wildman–Crippen MR) is 33.6 cm³/mol. The quantitative estimate of drug-likeness (QED) is 0.331. The van der Waals surface area contributed by atoms with Gasteiger partial charge in [-0.2, -0.15) is 0 Å². The summed E-state index contributed by atoms with van der Waals surface area (Å²) >= 11 is 0. The Bertz CT molecular complexity index is 142. The number of carbonyl (C=O) groups excluding carboxylic acids is 1. The Kier molecular flexibility index (Phi) is 7.75. The summed E-state index contributed by atoms with van der Waals surface area (Å²) in [5, 5.41) is 14.6. The number of carbonyl (C=O) groups is 1. The molecule has 0 spiro atoms. The predicted octanol–water partition coefficient (Wildman–Crippen LogP) is 0.661. The molecule has 0 saturated carbocycles. The minimum Gasteiger partial charge on any atom is -0.300 e. The van der Waals surface area contributed by atoms with E-state index >= 15 is 0 Å². The first-order chi connectivity index (χ1) is 4.85. The number of rotatable bonds is 2. The van der Waals surface area contributed by atoms with E-state index in [4.69, 9.17) is 15.4 Å².